The van der Waals surface area contributed by atoms with Gasteiger partial charge in [0.15, 0.2) is 4.84 Å². The third-order valence-corrected chi connectivity index (χ3v) is 1.45. The Morgan fingerprint density at radius 2 is 1.92 bits per heavy atom. The quantitative estimate of drug-likeness (QED) is 0.519. The fourth-order valence-corrected chi connectivity index (χ4v) is 0.813. The van der Waals surface area contributed by atoms with Crippen molar-refractivity contribution in [1.82, 2.24) is 4.90 Å². The highest BCUT2D eigenvalue weighted by Gasteiger charge is 2.41. The maximum absolute atomic E-state index is 11.9. The van der Waals surface area contributed by atoms with E-state index >= 15 is 0 Å². The third kappa shape index (κ3) is 3.06. The normalized spacial score (nSPS) is 11.9. The van der Waals surface area contributed by atoms with E-state index in [1.165, 1.54) is 6.92 Å². The average Bonchev–Trinajstić information content (AvgIpc) is 1.85. The van der Waals surface area contributed by atoms with E-state index in [1.54, 1.807) is 0 Å². The molecule has 0 fully saturated rings. The first-order chi connectivity index (χ1) is 5.30. The largest absolute Gasteiger partial charge is 0.487 e. The van der Waals surface area contributed by atoms with Crippen LogP contribution in [0.15, 0.2) is 0 Å². The van der Waals surface area contributed by atoms with E-state index in [0.717, 1.165) is 0 Å². The molecule has 0 heterocycles. The number of carbonyl (C=O) groups is 1. The molecule has 12 heavy (non-hydrogen) atoms. The summed E-state index contributed by atoms with van der Waals surface area (Å²) in [6.45, 7) is 0.680. The van der Waals surface area contributed by atoms with Gasteiger partial charge in [-0.3, -0.25) is 9.69 Å². The van der Waals surface area contributed by atoms with Crippen LogP contribution in [0, 0.1) is 0 Å². The predicted molar refractivity (Wildman–Crippen MR) is 38.9 cm³/mol. The van der Waals surface area contributed by atoms with Crippen LogP contribution in [0.3, 0.4) is 0 Å². The minimum Gasteiger partial charge on any atom is -0.271 e. The summed E-state index contributed by atoms with van der Waals surface area (Å²) in [7, 11) is 0. The molecule has 0 saturated heterocycles. The summed E-state index contributed by atoms with van der Waals surface area (Å²) in [5.74, 6) is -1.35. The number of carbonyl (C=O) groups excluding carboxylic acids is 1. The molecular weight excluding hydrogens is 218 g/mol. The van der Waals surface area contributed by atoms with Gasteiger partial charge < -0.3 is 0 Å². The molecule has 0 aliphatic carbocycles. The van der Waals surface area contributed by atoms with Gasteiger partial charge in [-0.15, -0.1) is 13.2 Å². The molecule has 0 aromatic heterocycles. The minimum atomic E-state index is -4.71. The highest BCUT2D eigenvalue weighted by molar-refractivity contribution is 6.53. The van der Waals surface area contributed by atoms with E-state index in [4.69, 9.17) is 23.2 Å². The van der Waals surface area contributed by atoms with Gasteiger partial charge in [-0.25, -0.2) is 0 Å². The molecule has 0 spiro atoms. The molecule has 0 saturated carbocycles. The molecule has 0 aliphatic heterocycles. The number of amides is 1. The van der Waals surface area contributed by atoms with Crippen LogP contribution < -0.4 is 0 Å². The van der Waals surface area contributed by atoms with Crippen molar-refractivity contribution in [2.24, 2.45) is 0 Å². The maximum Gasteiger partial charge on any atom is 0.487 e. The lowest BCUT2D eigenvalue weighted by molar-refractivity contribution is -0.238. The Bertz CT molecular complexity index is 171. The number of hydrogen-bond donors (Lipinski definition) is 0. The van der Waals surface area contributed by atoms with Crippen molar-refractivity contribution in [1.29, 1.82) is 0 Å². The van der Waals surface area contributed by atoms with Crippen LogP contribution in [0.5, 0.6) is 0 Å². The van der Waals surface area contributed by atoms with Gasteiger partial charge in [-0.05, 0) is 6.92 Å². The van der Waals surface area contributed by atoms with Gasteiger partial charge in [-0.2, -0.15) is 0 Å². The van der Waals surface area contributed by atoms with Crippen LogP contribution in [0.1, 0.15) is 6.92 Å². The zero-order valence-corrected chi connectivity index (χ0v) is 7.54. The van der Waals surface area contributed by atoms with E-state index < -0.39 is 23.6 Å². The summed E-state index contributed by atoms with van der Waals surface area (Å²) in [4.78, 5) is 8.64. The SMILES string of the molecule is CCN(C(=O)C(Cl)Cl)C(F)(F)F. The summed E-state index contributed by atoms with van der Waals surface area (Å²) in [5.41, 5.74) is 0. The minimum absolute atomic E-state index is 0.350. The Labute approximate surface area is 77.2 Å². The molecule has 0 atom stereocenters. The zero-order valence-electron chi connectivity index (χ0n) is 6.03. The summed E-state index contributed by atoms with van der Waals surface area (Å²) in [6, 6.07) is 0. The van der Waals surface area contributed by atoms with Crippen molar-refractivity contribution in [2.45, 2.75) is 18.1 Å². The van der Waals surface area contributed by atoms with Crippen molar-refractivity contribution in [3.8, 4) is 0 Å². The number of alkyl halides is 5. The van der Waals surface area contributed by atoms with Gasteiger partial charge in [0.2, 0.25) is 0 Å². The van der Waals surface area contributed by atoms with E-state index in [0.29, 0.717) is 0 Å². The lowest BCUT2D eigenvalue weighted by atomic mass is 10.5. The Hall–Kier alpha value is -0.160. The van der Waals surface area contributed by atoms with Crippen molar-refractivity contribution in [3.63, 3.8) is 0 Å². The Kier molecular flexibility index (Phi) is 4.13. The number of rotatable bonds is 2. The topological polar surface area (TPSA) is 20.3 Å². The fraction of sp³-hybridized carbons (Fsp3) is 0.800. The van der Waals surface area contributed by atoms with Crippen molar-refractivity contribution in [2.75, 3.05) is 6.54 Å². The standard InChI is InChI=1S/C5H6Cl2F3NO/c1-2-11(5(8,9)10)4(12)3(6)7/h3H,2H2,1H3. The molecule has 7 heteroatoms. The van der Waals surface area contributed by atoms with Gasteiger partial charge in [-0.1, -0.05) is 23.2 Å². The molecule has 0 aliphatic rings. The average molecular weight is 224 g/mol. The highest BCUT2D eigenvalue weighted by atomic mass is 35.5. The van der Waals surface area contributed by atoms with Gasteiger partial charge >= 0.3 is 6.30 Å². The summed E-state index contributed by atoms with van der Waals surface area (Å²) >= 11 is 9.96. The first-order valence-corrected chi connectivity index (χ1v) is 3.84. The molecule has 2 nitrogen and oxygen atoms in total. The third-order valence-electron chi connectivity index (χ3n) is 1.07. The van der Waals surface area contributed by atoms with Crippen LogP contribution in [-0.4, -0.2) is 28.5 Å². The van der Waals surface area contributed by atoms with E-state index in [-0.39, 0.29) is 4.90 Å². The first kappa shape index (κ1) is 11.8. The van der Waals surface area contributed by atoms with Crippen LogP contribution in [0.2, 0.25) is 0 Å². The second-order valence-electron chi connectivity index (χ2n) is 1.85. The van der Waals surface area contributed by atoms with Gasteiger partial charge in [0.25, 0.3) is 5.91 Å². The molecule has 0 radical (unpaired) electrons. The maximum atomic E-state index is 11.9. The van der Waals surface area contributed by atoms with Crippen molar-refractivity contribution >= 4 is 29.1 Å². The van der Waals surface area contributed by atoms with Gasteiger partial charge in [0.05, 0.1) is 0 Å². The Morgan fingerprint density at radius 3 is 2.00 bits per heavy atom. The molecule has 0 bridgehead atoms. The molecule has 72 valence electrons. The fourth-order valence-electron chi connectivity index (χ4n) is 0.578. The molecule has 0 aromatic rings. The van der Waals surface area contributed by atoms with Crippen molar-refractivity contribution in [3.05, 3.63) is 0 Å². The molecule has 0 unspecified atom stereocenters. The van der Waals surface area contributed by atoms with E-state index in [1.807, 2.05) is 0 Å². The van der Waals surface area contributed by atoms with E-state index in [2.05, 4.69) is 0 Å². The zero-order chi connectivity index (χ0) is 9.94. The molecular formula is C5H6Cl2F3NO. The van der Waals surface area contributed by atoms with Gasteiger partial charge in [0.1, 0.15) is 0 Å². The number of nitrogens with zero attached hydrogens (tertiary/aromatic N) is 1. The lowest BCUT2D eigenvalue weighted by Crippen LogP contribution is -2.45. The number of halogens is 5. The summed E-state index contributed by atoms with van der Waals surface area (Å²) < 4.78 is 35.8. The smallest absolute Gasteiger partial charge is 0.271 e. The number of hydrogen-bond acceptors (Lipinski definition) is 1. The van der Waals surface area contributed by atoms with Crippen molar-refractivity contribution < 1.29 is 18.0 Å². The van der Waals surface area contributed by atoms with Crippen LogP contribution in [0.4, 0.5) is 13.2 Å². The van der Waals surface area contributed by atoms with Crippen LogP contribution in [0.25, 0.3) is 0 Å². The second kappa shape index (κ2) is 4.18. The second-order valence-corrected chi connectivity index (χ2v) is 2.95. The van der Waals surface area contributed by atoms with E-state index in [9.17, 15) is 18.0 Å². The molecule has 0 N–H and O–H groups in total. The van der Waals surface area contributed by atoms with Gasteiger partial charge in [0, 0.05) is 6.54 Å². The molecule has 0 aromatic carbocycles. The highest BCUT2D eigenvalue weighted by Crippen LogP contribution is 2.23. The Balaban J connectivity index is 4.47. The molecule has 0 rings (SSSR count). The van der Waals surface area contributed by atoms with Crippen LogP contribution in [-0.2, 0) is 4.79 Å². The predicted octanol–water partition coefficient (Wildman–Crippen LogP) is 2.16. The van der Waals surface area contributed by atoms with Crippen LogP contribution >= 0.6 is 23.2 Å². The lowest BCUT2D eigenvalue weighted by Gasteiger charge is -2.23. The Morgan fingerprint density at radius 1 is 1.50 bits per heavy atom. The molecule has 1 amide bonds. The summed E-state index contributed by atoms with van der Waals surface area (Å²) in [5, 5.41) is 0. The first-order valence-electron chi connectivity index (χ1n) is 2.97. The monoisotopic (exact) mass is 223 g/mol. The summed E-state index contributed by atoms with van der Waals surface area (Å²) in [6.07, 6.45) is -4.71.